The van der Waals surface area contributed by atoms with E-state index in [1.165, 1.54) is 10.3 Å². The predicted molar refractivity (Wildman–Crippen MR) is 113 cm³/mol. The molecule has 1 aliphatic rings. The van der Waals surface area contributed by atoms with Crippen molar-refractivity contribution in [3.05, 3.63) is 59.7 Å². The van der Waals surface area contributed by atoms with Crippen molar-refractivity contribution in [2.45, 2.75) is 26.2 Å². The van der Waals surface area contributed by atoms with E-state index in [9.17, 15) is 4.79 Å². The van der Waals surface area contributed by atoms with E-state index in [0.29, 0.717) is 12.3 Å². The number of carbonyl (C=O) groups is 1. The largest absolute Gasteiger partial charge is 0.345 e. The van der Waals surface area contributed by atoms with Gasteiger partial charge in [-0.15, -0.1) is 0 Å². The molecule has 3 aromatic rings. The molecule has 4 nitrogen and oxygen atoms in total. The third-order valence-electron chi connectivity index (χ3n) is 5.19. The van der Waals surface area contributed by atoms with Gasteiger partial charge in [-0.3, -0.25) is 4.79 Å². The van der Waals surface area contributed by atoms with Crippen molar-refractivity contribution in [1.29, 1.82) is 0 Å². The lowest BCUT2D eigenvalue weighted by Gasteiger charge is -2.34. The third kappa shape index (κ3) is 3.98. The van der Waals surface area contributed by atoms with Crippen LogP contribution in [0, 0.1) is 0 Å². The Balaban J connectivity index is 1.34. The van der Waals surface area contributed by atoms with E-state index in [0.717, 1.165) is 42.4 Å². The summed E-state index contributed by atoms with van der Waals surface area (Å²) in [6.07, 6.45) is 0.486. The SMILES string of the molecule is CC(C)c1ccc(CC(=O)N2CCN(c3nc4ccccc4s3)CC2)cc1. The first-order chi connectivity index (χ1) is 13.1. The molecule has 0 saturated carbocycles. The van der Waals surface area contributed by atoms with E-state index in [4.69, 9.17) is 4.98 Å². The standard InChI is InChI=1S/C22H25N3OS/c1-16(2)18-9-7-17(8-10-18)15-21(26)24-11-13-25(14-12-24)22-23-19-5-3-4-6-20(19)27-22/h3-10,16H,11-15H2,1-2H3. The van der Waals surface area contributed by atoms with Gasteiger partial charge in [0.2, 0.25) is 5.91 Å². The molecule has 0 N–H and O–H groups in total. The van der Waals surface area contributed by atoms with Gasteiger partial charge in [0.15, 0.2) is 5.13 Å². The van der Waals surface area contributed by atoms with Crippen LogP contribution in [0.5, 0.6) is 0 Å². The fourth-order valence-electron chi connectivity index (χ4n) is 3.45. The highest BCUT2D eigenvalue weighted by Crippen LogP contribution is 2.29. The molecule has 1 saturated heterocycles. The number of aromatic nitrogens is 1. The Hall–Kier alpha value is -2.40. The van der Waals surface area contributed by atoms with Crippen LogP contribution in [0.15, 0.2) is 48.5 Å². The van der Waals surface area contributed by atoms with Gasteiger partial charge >= 0.3 is 0 Å². The maximum atomic E-state index is 12.7. The second-order valence-electron chi connectivity index (χ2n) is 7.41. The molecule has 2 heterocycles. The van der Waals surface area contributed by atoms with Crippen molar-refractivity contribution in [1.82, 2.24) is 9.88 Å². The molecule has 0 bridgehead atoms. The van der Waals surface area contributed by atoms with Gasteiger partial charge in [0.25, 0.3) is 0 Å². The molecule has 4 rings (SSSR count). The maximum absolute atomic E-state index is 12.7. The Bertz CT molecular complexity index is 891. The smallest absolute Gasteiger partial charge is 0.227 e. The summed E-state index contributed by atoms with van der Waals surface area (Å²) in [4.78, 5) is 21.7. The van der Waals surface area contributed by atoms with Gasteiger partial charge in [-0.25, -0.2) is 4.98 Å². The number of piperazine rings is 1. The molecule has 0 atom stereocenters. The van der Waals surface area contributed by atoms with Gasteiger partial charge in [0.1, 0.15) is 0 Å². The number of fused-ring (bicyclic) bond motifs is 1. The zero-order chi connectivity index (χ0) is 18.8. The Labute approximate surface area is 164 Å². The summed E-state index contributed by atoms with van der Waals surface area (Å²) in [6.45, 7) is 7.59. The molecule has 0 radical (unpaired) electrons. The van der Waals surface area contributed by atoms with Crippen molar-refractivity contribution >= 4 is 32.6 Å². The molecule has 5 heteroatoms. The van der Waals surface area contributed by atoms with Crippen LogP contribution >= 0.6 is 11.3 Å². The molecule has 1 amide bonds. The molecule has 2 aromatic carbocycles. The first-order valence-electron chi connectivity index (χ1n) is 9.57. The van der Waals surface area contributed by atoms with E-state index < -0.39 is 0 Å². The molecule has 27 heavy (non-hydrogen) atoms. The fraction of sp³-hybridized carbons (Fsp3) is 0.364. The maximum Gasteiger partial charge on any atom is 0.227 e. The molecule has 1 fully saturated rings. The normalized spacial score (nSPS) is 14.9. The van der Waals surface area contributed by atoms with Gasteiger partial charge in [-0.05, 0) is 29.2 Å². The van der Waals surface area contributed by atoms with Crippen molar-refractivity contribution < 1.29 is 4.79 Å². The summed E-state index contributed by atoms with van der Waals surface area (Å²) < 4.78 is 1.22. The number of anilines is 1. The van der Waals surface area contributed by atoms with E-state index in [1.54, 1.807) is 11.3 Å². The fourth-order valence-corrected chi connectivity index (χ4v) is 4.47. The van der Waals surface area contributed by atoms with Crippen LogP contribution in [-0.2, 0) is 11.2 Å². The number of hydrogen-bond acceptors (Lipinski definition) is 4. The lowest BCUT2D eigenvalue weighted by molar-refractivity contribution is -0.130. The van der Waals surface area contributed by atoms with E-state index in [2.05, 4.69) is 61.2 Å². The second-order valence-corrected chi connectivity index (χ2v) is 8.41. The molecule has 1 aromatic heterocycles. The number of thiazole rings is 1. The van der Waals surface area contributed by atoms with Crippen molar-refractivity contribution in [2.24, 2.45) is 0 Å². The highest BCUT2D eigenvalue weighted by molar-refractivity contribution is 7.22. The number of carbonyl (C=O) groups excluding carboxylic acids is 1. The van der Waals surface area contributed by atoms with Gasteiger partial charge in [-0.2, -0.15) is 0 Å². The molecule has 1 aliphatic heterocycles. The zero-order valence-electron chi connectivity index (χ0n) is 15.9. The van der Waals surface area contributed by atoms with Crippen LogP contribution in [0.4, 0.5) is 5.13 Å². The number of nitrogens with zero attached hydrogens (tertiary/aromatic N) is 3. The summed E-state index contributed by atoms with van der Waals surface area (Å²) in [7, 11) is 0. The van der Waals surface area contributed by atoms with Crippen molar-refractivity contribution in [3.63, 3.8) is 0 Å². The van der Waals surface area contributed by atoms with Crippen LogP contribution in [0.2, 0.25) is 0 Å². The molecular weight excluding hydrogens is 354 g/mol. The van der Waals surface area contributed by atoms with Gasteiger partial charge in [0, 0.05) is 26.2 Å². The van der Waals surface area contributed by atoms with E-state index in [-0.39, 0.29) is 5.91 Å². The quantitative estimate of drug-likeness (QED) is 0.678. The topological polar surface area (TPSA) is 36.4 Å². The summed E-state index contributed by atoms with van der Waals surface area (Å²) in [5, 5.41) is 1.06. The number of amides is 1. The summed E-state index contributed by atoms with van der Waals surface area (Å²) in [6, 6.07) is 16.7. The Kier molecular flexibility index (Phi) is 5.12. The number of hydrogen-bond donors (Lipinski definition) is 0. The minimum atomic E-state index is 0.219. The van der Waals surface area contributed by atoms with Crippen LogP contribution in [0.3, 0.4) is 0 Å². The van der Waals surface area contributed by atoms with Crippen molar-refractivity contribution in [2.75, 3.05) is 31.1 Å². The second kappa shape index (κ2) is 7.69. The van der Waals surface area contributed by atoms with Crippen LogP contribution < -0.4 is 4.90 Å². The van der Waals surface area contributed by atoms with Gasteiger partial charge in [-0.1, -0.05) is 61.6 Å². The van der Waals surface area contributed by atoms with E-state index >= 15 is 0 Å². The number of para-hydroxylation sites is 1. The summed E-state index contributed by atoms with van der Waals surface area (Å²) in [5.41, 5.74) is 3.47. The molecule has 0 aliphatic carbocycles. The lowest BCUT2D eigenvalue weighted by Crippen LogP contribution is -2.49. The Morgan fingerprint density at radius 3 is 2.41 bits per heavy atom. The predicted octanol–water partition coefficient (Wildman–Crippen LogP) is 4.31. The lowest BCUT2D eigenvalue weighted by atomic mass is 10.0. The Morgan fingerprint density at radius 2 is 1.74 bits per heavy atom. The van der Waals surface area contributed by atoms with Crippen LogP contribution in [0.25, 0.3) is 10.2 Å². The summed E-state index contributed by atoms with van der Waals surface area (Å²) in [5.74, 6) is 0.738. The van der Waals surface area contributed by atoms with Crippen LogP contribution in [-0.4, -0.2) is 42.0 Å². The zero-order valence-corrected chi connectivity index (χ0v) is 16.7. The van der Waals surface area contributed by atoms with Crippen molar-refractivity contribution in [3.8, 4) is 0 Å². The monoisotopic (exact) mass is 379 g/mol. The highest BCUT2D eigenvalue weighted by Gasteiger charge is 2.23. The Morgan fingerprint density at radius 1 is 1.04 bits per heavy atom. The minimum Gasteiger partial charge on any atom is -0.345 e. The molecule has 140 valence electrons. The highest BCUT2D eigenvalue weighted by atomic mass is 32.1. The molecule has 0 unspecified atom stereocenters. The summed E-state index contributed by atoms with van der Waals surface area (Å²) >= 11 is 1.73. The molecular formula is C22H25N3OS. The number of rotatable bonds is 4. The number of benzene rings is 2. The third-order valence-corrected chi connectivity index (χ3v) is 6.28. The van der Waals surface area contributed by atoms with Crippen LogP contribution in [0.1, 0.15) is 30.9 Å². The molecule has 0 spiro atoms. The first-order valence-corrected chi connectivity index (χ1v) is 10.4. The average molecular weight is 380 g/mol. The van der Waals surface area contributed by atoms with E-state index in [1.807, 2.05) is 11.0 Å². The minimum absolute atomic E-state index is 0.219. The first kappa shape index (κ1) is 18.0. The van der Waals surface area contributed by atoms with Gasteiger partial charge < -0.3 is 9.80 Å². The average Bonchev–Trinajstić information content (AvgIpc) is 3.13. The van der Waals surface area contributed by atoms with Gasteiger partial charge in [0.05, 0.1) is 16.6 Å².